The molecule has 1 aromatic heterocycles. The molecule has 1 heteroatoms. The molecule has 0 saturated heterocycles. The van der Waals surface area contributed by atoms with Crippen LogP contribution in [-0.4, -0.2) is 0 Å². The van der Waals surface area contributed by atoms with Crippen molar-refractivity contribution in [2.24, 2.45) is 5.41 Å². The molecule has 0 radical (unpaired) electrons. The Kier molecular flexibility index (Phi) is 10.2. The maximum atomic E-state index is 2.35. The molecule has 22 heavy (non-hydrogen) atoms. The molecule has 126 valence electrons. The normalized spacial score (nSPS) is 11.8. The van der Waals surface area contributed by atoms with Gasteiger partial charge in [-0.15, -0.1) is 0 Å². The van der Waals surface area contributed by atoms with Gasteiger partial charge in [0.15, 0.2) is 12.4 Å². The summed E-state index contributed by atoms with van der Waals surface area (Å²) in [4.78, 5) is 0. The average Bonchev–Trinajstić information content (AvgIpc) is 2.48. The fraction of sp³-hybridized carbons (Fsp3) is 0.762. The van der Waals surface area contributed by atoms with Crippen LogP contribution in [0, 0.1) is 5.41 Å². The summed E-state index contributed by atoms with van der Waals surface area (Å²) < 4.78 is 2.29. The van der Waals surface area contributed by atoms with E-state index < -0.39 is 0 Å². The molecule has 0 bridgehead atoms. The first-order valence-corrected chi connectivity index (χ1v) is 9.52. The quantitative estimate of drug-likeness (QED) is 0.314. The van der Waals surface area contributed by atoms with Crippen molar-refractivity contribution in [2.75, 3.05) is 0 Å². The zero-order chi connectivity index (χ0) is 16.1. The van der Waals surface area contributed by atoms with Crippen LogP contribution in [0.15, 0.2) is 30.6 Å². The third kappa shape index (κ3) is 11.8. The van der Waals surface area contributed by atoms with E-state index in [1.165, 1.54) is 77.2 Å². The Balaban J connectivity index is 1.78. The first-order valence-electron chi connectivity index (χ1n) is 9.52. The summed E-state index contributed by atoms with van der Waals surface area (Å²) >= 11 is 0. The van der Waals surface area contributed by atoms with Crippen LogP contribution in [-0.2, 0) is 6.54 Å². The Labute approximate surface area is 139 Å². The van der Waals surface area contributed by atoms with Crippen molar-refractivity contribution in [3.8, 4) is 0 Å². The zero-order valence-electron chi connectivity index (χ0n) is 15.3. The Bertz CT molecular complexity index is 350. The molecule has 0 N–H and O–H groups in total. The lowest BCUT2D eigenvalue weighted by Gasteiger charge is -2.17. The van der Waals surface area contributed by atoms with Gasteiger partial charge in [-0.2, -0.15) is 0 Å². The summed E-state index contributed by atoms with van der Waals surface area (Å²) in [6.45, 7) is 8.23. The van der Waals surface area contributed by atoms with E-state index in [1.54, 1.807) is 0 Å². The van der Waals surface area contributed by atoms with Gasteiger partial charge in [0.2, 0.25) is 0 Å². The fourth-order valence-corrected chi connectivity index (χ4v) is 2.95. The van der Waals surface area contributed by atoms with E-state index in [0.717, 1.165) is 0 Å². The summed E-state index contributed by atoms with van der Waals surface area (Å²) in [6, 6.07) is 6.31. The lowest BCUT2D eigenvalue weighted by Crippen LogP contribution is -2.32. The van der Waals surface area contributed by atoms with Crippen LogP contribution in [0.3, 0.4) is 0 Å². The number of aryl methyl sites for hydroxylation is 1. The summed E-state index contributed by atoms with van der Waals surface area (Å²) in [5.74, 6) is 0. The van der Waals surface area contributed by atoms with Gasteiger partial charge in [0.05, 0.1) is 0 Å². The van der Waals surface area contributed by atoms with E-state index >= 15 is 0 Å². The number of rotatable bonds is 12. The first-order chi connectivity index (χ1) is 10.6. The van der Waals surface area contributed by atoms with Gasteiger partial charge in [-0.25, -0.2) is 4.57 Å². The molecule has 0 spiro atoms. The SMILES string of the molecule is CC(C)(C)CCCCCCCCCCCC[n+]1ccccc1. The maximum Gasteiger partial charge on any atom is 0.168 e. The van der Waals surface area contributed by atoms with Gasteiger partial charge >= 0.3 is 0 Å². The highest BCUT2D eigenvalue weighted by molar-refractivity contribution is 4.83. The average molecular weight is 305 g/mol. The zero-order valence-corrected chi connectivity index (χ0v) is 15.3. The van der Waals surface area contributed by atoms with Crippen molar-refractivity contribution >= 4 is 0 Å². The van der Waals surface area contributed by atoms with Crippen LogP contribution in [0.25, 0.3) is 0 Å². The van der Waals surface area contributed by atoms with Crippen molar-refractivity contribution < 1.29 is 4.57 Å². The third-order valence-electron chi connectivity index (χ3n) is 4.37. The predicted octanol–water partition coefficient (Wildman–Crippen LogP) is 6.31. The van der Waals surface area contributed by atoms with Crippen LogP contribution in [0.5, 0.6) is 0 Å². The Morgan fingerprint density at radius 2 is 1.05 bits per heavy atom. The molecular formula is C21H38N+. The van der Waals surface area contributed by atoms with Crippen molar-refractivity contribution in [3.63, 3.8) is 0 Å². The Hall–Kier alpha value is -0.850. The first kappa shape index (κ1) is 19.2. The fourth-order valence-electron chi connectivity index (χ4n) is 2.95. The highest BCUT2D eigenvalue weighted by Gasteiger charge is 2.08. The lowest BCUT2D eigenvalue weighted by atomic mass is 9.89. The summed E-state index contributed by atoms with van der Waals surface area (Å²) in [6.07, 6.45) is 19.9. The second-order valence-corrected chi connectivity index (χ2v) is 7.96. The highest BCUT2D eigenvalue weighted by atomic mass is 14.9. The van der Waals surface area contributed by atoms with Crippen LogP contribution < -0.4 is 4.57 Å². The molecule has 1 rings (SSSR count). The van der Waals surface area contributed by atoms with Crippen LogP contribution in [0.2, 0.25) is 0 Å². The van der Waals surface area contributed by atoms with E-state index in [1.807, 2.05) is 0 Å². The monoisotopic (exact) mass is 304 g/mol. The van der Waals surface area contributed by atoms with Gasteiger partial charge in [0.25, 0.3) is 0 Å². The minimum atomic E-state index is 0.526. The molecule has 1 nitrogen and oxygen atoms in total. The molecule has 0 atom stereocenters. The smallest absolute Gasteiger partial charge is 0.168 e. The molecule has 0 aliphatic heterocycles. The maximum absolute atomic E-state index is 2.35. The number of nitrogens with zero attached hydrogens (tertiary/aromatic N) is 1. The number of hydrogen-bond donors (Lipinski definition) is 0. The van der Waals surface area contributed by atoms with Crippen molar-refractivity contribution in [2.45, 2.75) is 97.9 Å². The molecular weight excluding hydrogens is 266 g/mol. The molecule has 1 aromatic rings. The van der Waals surface area contributed by atoms with Gasteiger partial charge in [-0.05, 0) is 18.3 Å². The van der Waals surface area contributed by atoms with Gasteiger partial charge in [0, 0.05) is 18.6 Å². The second kappa shape index (κ2) is 11.7. The minimum absolute atomic E-state index is 0.526. The van der Waals surface area contributed by atoms with E-state index in [9.17, 15) is 0 Å². The van der Waals surface area contributed by atoms with Crippen molar-refractivity contribution in [3.05, 3.63) is 30.6 Å². The number of unbranched alkanes of at least 4 members (excludes halogenated alkanes) is 9. The van der Waals surface area contributed by atoms with E-state index in [4.69, 9.17) is 0 Å². The van der Waals surface area contributed by atoms with Gasteiger partial charge in [-0.1, -0.05) is 78.2 Å². The third-order valence-corrected chi connectivity index (χ3v) is 4.37. The summed E-state index contributed by atoms with van der Waals surface area (Å²) in [5.41, 5.74) is 0.526. The standard InChI is InChI=1S/C21H38N/c1-21(2,3)17-13-10-8-6-4-5-7-9-11-14-18-22-19-15-12-16-20-22/h12,15-16,19-20H,4-11,13-14,17-18H2,1-3H3/q+1. The highest BCUT2D eigenvalue weighted by Crippen LogP contribution is 2.22. The van der Waals surface area contributed by atoms with E-state index in [0.29, 0.717) is 5.41 Å². The molecule has 0 aliphatic carbocycles. The predicted molar refractivity (Wildman–Crippen MR) is 96.9 cm³/mol. The topological polar surface area (TPSA) is 3.88 Å². The number of aromatic nitrogens is 1. The van der Waals surface area contributed by atoms with Crippen molar-refractivity contribution in [1.82, 2.24) is 0 Å². The van der Waals surface area contributed by atoms with Crippen LogP contribution >= 0.6 is 0 Å². The van der Waals surface area contributed by atoms with Gasteiger partial charge < -0.3 is 0 Å². The van der Waals surface area contributed by atoms with Crippen molar-refractivity contribution in [1.29, 1.82) is 0 Å². The van der Waals surface area contributed by atoms with Crippen LogP contribution in [0.1, 0.15) is 91.4 Å². The lowest BCUT2D eigenvalue weighted by molar-refractivity contribution is -0.697. The van der Waals surface area contributed by atoms with Gasteiger partial charge in [0.1, 0.15) is 6.54 Å². The Morgan fingerprint density at radius 1 is 0.591 bits per heavy atom. The second-order valence-electron chi connectivity index (χ2n) is 7.96. The summed E-state index contributed by atoms with van der Waals surface area (Å²) in [5, 5.41) is 0. The molecule has 0 aromatic carbocycles. The minimum Gasteiger partial charge on any atom is -0.205 e. The molecule has 0 fully saturated rings. The number of hydrogen-bond acceptors (Lipinski definition) is 0. The molecule has 0 saturated carbocycles. The van der Waals surface area contributed by atoms with E-state index in [2.05, 4.69) is 55.9 Å². The molecule has 0 unspecified atom stereocenters. The summed E-state index contributed by atoms with van der Waals surface area (Å²) in [7, 11) is 0. The van der Waals surface area contributed by atoms with E-state index in [-0.39, 0.29) is 0 Å². The largest absolute Gasteiger partial charge is 0.205 e. The molecule has 1 heterocycles. The Morgan fingerprint density at radius 3 is 1.55 bits per heavy atom. The van der Waals surface area contributed by atoms with Gasteiger partial charge in [-0.3, -0.25) is 0 Å². The van der Waals surface area contributed by atoms with Crippen LogP contribution in [0.4, 0.5) is 0 Å². The molecule has 0 amide bonds. The number of pyridine rings is 1. The molecule has 0 aliphatic rings.